The minimum absolute atomic E-state index is 0.290. The van der Waals surface area contributed by atoms with Gasteiger partial charge in [0.25, 0.3) is 10.1 Å². The van der Waals surface area contributed by atoms with Gasteiger partial charge in [0.15, 0.2) is 0 Å². The number of hydrogen-bond acceptors (Lipinski definition) is 4. The van der Waals surface area contributed by atoms with Crippen molar-refractivity contribution in [3.05, 3.63) is 24.3 Å². The SMILES string of the molecule is CCCCCCCCCCCCCCC/C=C/CC/C=C/C(O)C(CS(=O)(=O)O)NC(=O)CCCCCCCCCCCC. The summed E-state index contributed by atoms with van der Waals surface area (Å²) >= 11 is 0. The van der Waals surface area contributed by atoms with Crippen LogP contribution >= 0.6 is 0 Å². The zero-order valence-corrected chi connectivity index (χ0v) is 29.6. The molecule has 1 amide bonds. The molecule has 0 fully saturated rings. The van der Waals surface area contributed by atoms with Crippen LogP contribution in [0.1, 0.15) is 187 Å². The normalized spacial score (nSPS) is 13.6. The number of hydrogen-bond donors (Lipinski definition) is 3. The number of carbonyl (C=O) groups is 1. The molecule has 0 heterocycles. The van der Waals surface area contributed by atoms with Crippen LogP contribution in [-0.4, -0.2) is 41.9 Å². The van der Waals surface area contributed by atoms with Crippen LogP contribution in [0.25, 0.3) is 0 Å². The standard InChI is InChI=1S/C37H71NO5S/c1-3-5-7-9-11-13-15-16-17-18-19-20-21-22-23-24-26-28-30-32-36(39)35(34-44(41,42)43)38-37(40)33-31-29-27-25-14-12-10-8-6-4-2/h23-24,30,32,35-36,39H,3-22,25-29,31,33-34H2,1-2H3,(H,38,40)(H,41,42,43)/b24-23+,32-30+. The Bertz CT molecular complexity index is 796. The molecule has 44 heavy (non-hydrogen) atoms. The summed E-state index contributed by atoms with van der Waals surface area (Å²) in [5.74, 6) is -0.997. The molecule has 2 unspecified atom stereocenters. The van der Waals surface area contributed by atoms with Crippen molar-refractivity contribution in [2.45, 2.75) is 199 Å². The molecule has 0 spiro atoms. The molecular weight excluding hydrogens is 570 g/mol. The lowest BCUT2D eigenvalue weighted by molar-refractivity contribution is -0.122. The molecule has 0 aromatic rings. The summed E-state index contributed by atoms with van der Waals surface area (Å²) in [5.41, 5.74) is 0. The van der Waals surface area contributed by atoms with Gasteiger partial charge >= 0.3 is 0 Å². The van der Waals surface area contributed by atoms with E-state index in [-0.39, 0.29) is 5.91 Å². The molecular formula is C37H71NO5S. The third kappa shape index (κ3) is 32.2. The smallest absolute Gasteiger partial charge is 0.267 e. The monoisotopic (exact) mass is 642 g/mol. The molecule has 3 N–H and O–H groups in total. The molecule has 0 aromatic carbocycles. The van der Waals surface area contributed by atoms with Gasteiger partial charge in [0.05, 0.1) is 17.9 Å². The molecule has 0 aromatic heterocycles. The zero-order valence-electron chi connectivity index (χ0n) is 28.8. The summed E-state index contributed by atoms with van der Waals surface area (Å²) in [7, 11) is -4.34. The van der Waals surface area contributed by atoms with Gasteiger partial charge in [0.2, 0.25) is 5.91 Å². The highest BCUT2D eigenvalue weighted by molar-refractivity contribution is 7.85. The Balaban J connectivity index is 3.98. The Hall–Kier alpha value is -1.18. The van der Waals surface area contributed by atoms with Gasteiger partial charge in [-0.2, -0.15) is 8.42 Å². The number of nitrogens with one attached hydrogen (secondary N) is 1. The maximum Gasteiger partial charge on any atom is 0.267 e. The lowest BCUT2D eigenvalue weighted by atomic mass is 10.0. The van der Waals surface area contributed by atoms with Crippen LogP contribution in [0.4, 0.5) is 0 Å². The van der Waals surface area contributed by atoms with Crippen LogP contribution in [0, 0.1) is 0 Å². The van der Waals surface area contributed by atoms with Crippen molar-refractivity contribution in [1.29, 1.82) is 0 Å². The average Bonchev–Trinajstić information content (AvgIpc) is 2.98. The Morgan fingerprint density at radius 3 is 1.43 bits per heavy atom. The van der Waals surface area contributed by atoms with Crippen molar-refractivity contribution in [2.24, 2.45) is 0 Å². The van der Waals surface area contributed by atoms with Crippen molar-refractivity contribution >= 4 is 16.0 Å². The fraction of sp³-hybridized carbons (Fsp3) is 0.865. The molecule has 0 saturated heterocycles. The van der Waals surface area contributed by atoms with E-state index < -0.39 is 28.0 Å². The van der Waals surface area contributed by atoms with Gasteiger partial charge in [-0.25, -0.2) is 0 Å². The van der Waals surface area contributed by atoms with Crippen LogP contribution in [0.15, 0.2) is 24.3 Å². The minimum Gasteiger partial charge on any atom is -0.387 e. The lowest BCUT2D eigenvalue weighted by Gasteiger charge is -2.21. The van der Waals surface area contributed by atoms with Gasteiger partial charge in [0.1, 0.15) is 0 Å². The first-order valence-electron chi connectivity index (χ1n) is 18.5. The highest BCUT2D eigenvalue weighted by Crippen LogP contribution is 2.14. The Morgan fingerprint density at radius 1 is 0.591 bits per heavy atom. The largest absolute Gasteiger partial charge is 0.387 e. The quantitative estimate of drug-likeness (QED) is 0.0376. The summed E-state index contributed by atoms with van der Waals surface area (Å²) in [6.45, 7) is 4.49. The minimum atomic E-state index is -4.34. The number of carbonyl (C=O) groups excluding carboxylic acids is 1. The van der Waals surface area contributed by atoms with E-state index in [1.165, 1.54) is 134 Å². The van der Waals surface area contributed by atoms with Gasteiger partial charge in [-0.05, 0) is 32.1 Å². The van der Waals surface area contributed by atoms with Crippen LogP contribution in [0.3, 0.4) is 0 Å². The van der Waals surface area contributed by atoms with Crippen molar-refractivity contribution in [1.82, 2.24) is 5.32 Å². The maximum absolute atomic E-state index is 12.4. The van der Waals surface area contributed by atoms with Crippen LogP contribution in [0.2, 0.25) is 0 Å². The Kier molecular flexibility index (Phi) is 30.9. The van der Waals surface area contributed by atoms with E-state index >= 15 is 0 Å². The zero-order chi connectivity index (χ0) is 32.6. The molecule has 7 heteroatoms. The van der Waals surface area contributed by atoms with E-state index in [4.69, 9.17) is 0 Å². The molecule has 0 aliphatic carbocycles. The first-order chi connectivity index (χ1) is 21.3. The van der Waals surface area contributed by atoms with Crippen molar-refractivity contribution in [3.63, 3.8) is 0 Å². The first kappa shape index (κ1) is 42.8. The van der Waals surface area contributed by atoms with Gasteiger partial charge < -0.3 is 10.4 Å². The fourth-order valence-corrected chi connectivity index (χ4v) is 6.32. The summed E-state index contributed by atoms with van der Waals surface area (Å²) in [6.07, 6.45) is 38.8. The third-order valence-corrected chi connectivity index (χ3v) is 9.16. The maximum atomic E-state index is 12.4. The van der Waals surface area contributed by atoms with E-state index in [0.717, 1.165) is 38.5 Å². The molecule has 0 rings (SSSR count). The van der Waals surface area contributed by atoms with Gasteiger partial charge in [-0.3, -0.25) is 9.35 Å². The molecule has 0 aliphatic rings. The number of aliphatic hydroxyl groups is 1. The number of unbranched alkanes of at least 4 members (excludes halogenated alkanes) is 23. The van der Waals surface area contributed by atoms with E-state index in [9.17, 15) is 22.9 Å². The highest BCUT2D eigenvalue weighted by Gasteiger charge is 2.24. The second-order valence-electron chi connectivity index (χ2n) is 12.9. The van der Waals surface area contributed by atoms with E-state index in [0.29, 0.717) is 6.42 Å². The third-order valence-electron chi connectivity index (χ3n) is 8.38. The van der Waals surface area contributed by atoms with Crippen molar-refractivity contribution < 1.29 is 22.9 Å². The molecule has 0 radical (unpaired) electrons. The predicted octanol–water partition coefficient (Wildman–Crippen LogP) is 10.4. The topological polar surface area (TPSA) is 104 Å². The molecule has 0 saturated carbocycles. The van der Waals surface area contributed by atoms with E-state index in [2.05, 4.69) is 31.3 Å². The summed E-state index contributed by atoms with van der Waals surface area (Å²) in [5, 5.41) is 13.1. The Morgan fingerprint density at radius 2 is 0.977 bits per heavy atom. The number of amides is 1. The number of rotatable bonds is 33. The molecule has 0 aliphatic heterocycles. The number of allylic oxidation sites excluding steroid dienone is 3. The van der Waals surface area contributed by atoms with Crippen LogP contribution in [0.5, 0.6) is 0 Å². The van der Waals surface area contributed by atoms with Gasteiger partial charge in [-0.1, -0.05) is 173 Å². The van der Waals surface area contributed by atoms with Crippen molar-refractivity contribution in [3.8, 4) is 0 Å². The van der Waals surface area contributed by atoms with Crippen LogP contribution in [-0.2, 0) is 14.9 Å². The summed E-state index contributed by atoms with van der Waals surface area (Å²) in [4.78, 5) is 12.4. The summed E-state index contributed by atoms with van der Waals surface area (Å²) in [6, 6.07) is -1.07. The first-order valence-corrected chi connectivity index (χ1v) is 20.1. The van der Waals surface area contributed by atoms with Crippen LogP contribution < -0.4 is 5.32 Å². The van der Waals surface area contributed by atoms with E-state index in [1.54, 1.807) is 0 Å². The second-order valence-corrected chi connectivity index (χ2v) is 14.4. The molecule has 6 nitrogen and oxygen atoms in total. The lowest BCUT2D eigenvalue weighted by Crippen LogP contribution is -2.46. The van der Waals surface area contributed by atoms with Crippen molar-refractivity contribution in [2.75, 3.05) is 5.75 Å². The molecule has 2 atom stereocenters. The second kappa shape index (κ2) is 31.8. The highest BCUT2D eigenvalue weighted by atomic mass is 32.2. The summed E-state index contributed by atoms with van der Waals surface area (Å²) < 4.78 is 32.3. The van der Waals surface area contributed by atoms with Gasteiger partial charge in [0, 0.05) is 6.42 Å². The van der Waals surface area contributed by atoms with E-state index in [1.807, 2.05) is 6.08 Å². The predicted molar refractivity (Wildman–Crippen MR) is 189 cm³/mol. The number of aliphatic hydroxyl groups excluding tert-OH is 1. The molecule has 260 valence electrons. The Labute approximate surface area is 273 Å². The van der Waals surface area contributed by atoms with Gasteiger partial charge in [-0.15, -0.1) is 0 Å². The molecule has 0 bridgehead atoms. The fourth-order valence-electron chi connectivity index (χ4n) is 5.58. The average molecular weight is 642 g/mol.